The summed E-state index contributed by atoms with van der Waals surface area (Å²) in [6.45, 7) is 1.90. The second-order valence-electron chi connectivity index (χ2n) is 3.52. The lowest BCUT2D eigenvalue weighted by Crippen LogP contribution is -2.07. The molecule has 0 fully saturated rings. The molecule has 0 radical (unpaired) electrons. The summed E-state index contributed by atoms with van der Waals surface area (Å²) in [5, 5.41) is 7.02. The molecule has 0 unspecified atom stereocenters. The van der Waals surface area contributed by atoms with Gasteiger partial charge in [0.15, 0.2) is 5.13 Å². The number of nitrogens with zero attached hydrogens (tertiary/aromatic N) is 1. The maximum atomic E-state index is 11.6. The minimum atomic E-state index is -0.159. The summed E-state index contributed by atoms with van der Waals surface area (Å²) < 4.78 is 0. The lowest BCUT2D eigenvalue weighted by molar-refractivity contribution is -0.111. The van der Waals surface area contributed by atoms with Gasteiger partial charge in [-0.15, -0.1) is 11.3 Å². The second-order valence-corrected chi connectivity index (χ2v) is 5.35. The van der Waals surface area contributed by atoms with Crippen molar-refractivity contribution in [3.8, 4) is 0 Å². The van der Waals surface area contributed by atoms with Crippen LogP contribution in [0.3, 0.4) is 0 Å². The van der Waals surface area contributed by atoms with Gasteiger partial charge in [-0.3, -0.25) is 10.1 Å². The van der Waals surface area contributed by atoms with Crippen LogP contribution in [0, 0.1) is 6.92 Å². The van der Waals surface area contributed by atoms with Crippen LogP contribution < -0.4 is 5.32 Å². The Balaban J connectivity index is 1.84. The largest absolute Gasteiger partial charge is 0.298 e. The number of thioether (sulfide) groups is 1. The Morgan fingerprint density at radius 2 is 2.17 bits per heavy atom. The highest BCUT2D eigenvalue weighted by molar-refractivity contribution is 8.02. The molecule has 0 aliphatic heterocycles. The second kappa shape index (κ2) is 6.37. The number of rotatable bonds is 4. The quantitative estimate of drug-likeness (QED) is 0.684. The van der Waals surface area contributed by atoms with Gasteiger partial charge in [0.1, 0.15) is 0 Å². The van der Waals surface area contributed by atoms with Gasteiger partial charge in [-0.2, -0.15) is 0 Å². The van der Waals surface area contributed by atoms with Gasteiger partial charge >= 0.3 is 0 Å². The highest BCUT2D eigenvalue weighted by atomic mass is 32.2. The molecule has 2 rings (SSSR count). The molecule has 1 N–H and O–H groups in total. The van der Waals surface area contributed by atoms with E-state index in [0.29, 0.717) is 5.13 Å². The summed E-state index contributed by atoms with van der Waals surface area (Å²) in [5.41, 5.74) is 0.915. The zero-order valence-corrected chi connectivity index (χ0v) is 11.4. The Morgan fingerprint density at radius 1 is 1.39 bits per heavy atom. The van der Waals surface area contributed by atoms with Gasteiger partial charge in [0.25, 0.3) is 5.91 Å². The number of carbonyl (C=O) groups is 1. The Hall–Kier alpha value is -1.59. The summed E-state index contributed by atoms with van der Waals surface area (Å²) in [5.74, 6) is -0.159. The van der Waals surface area contributed by atoms with Crippen molar-refractivity contribution < 1.29 is 4.79 Å². The van der Waals surface area contributed by atoms with Gasteiger partial charge in [0.05, 0.1) is 5.69 Å². The molecule has 3 nitrogen and oxygen atoms in total. The summed E-state index contributed by atoms with van der Waals surface area (Å²) in [6, 6.07) is 9.89. The molecule has 0 atom stereocenters. The Morgan fingerprint density at radius 3 is 2.83 bits per heavy atom. The van der Waals surface area contributed by atoms with Crippen molar-refractivity contribution in [2.24, 2.45) is 0 Å². The Labute approximate surface area is 114 Å². The van der Waals surface area contributed by atoms with Gasteiger partial charge < -0.3 is 0 Å². The molecule has 92 valence electrons. The number of carbonyl (C=O) groups excluding carboxylic acids is 1. The standard InChI is InChI=1S/C13H12N2OS2/c1-10-9-18-13(14-10)15-12(16)7-8-17-11-5-3-2-4-6-11/h2-9H,1H3,(H,14,15,16)/b8-7+. The lowest BCUT2D eigenvalue weighted by atomic mass is 10.4. The minimum absolute atomic E-state index is 0.159. The van der Waals surface area contributed by atoms with Crippen molar-refractivity contribution in [1.29, 1.82) is 0 Å². The number of thiazole rings is 1. The van der Waals surface area contributed by atoms with E-state index in [1.165, 1.54) is 29.2 Å². The number of aromatic nitrogens is 1. The topological polar surface area (TPSA) is 42.0 Å². The molecule has 0 aliphatic carbocycles. The fraction of sp³-hybridized carbons (Fsp3) is 0.0769. The van der Waals surface area contributed by atoms with E-state index >= 15 is 0 Å². The van der Waals surface area contributed by atoms with Crippen LogP contribution in [0.25, 0.3) is 0 Å². The molecule has 0 saturated heterocycles. The predicted octanol–water partition coefficient (Wildman–Crippen LogP) is 3.70. The minimum Gasteiger partial charge on any atom is -0.298 e. The number of hydrogen-bond donors (Lipinski definition) is 1. The van der Waals surface area contributed by atoms with E-state index < -0.39 is 0 Å². The van der Waals surface area contributed by atoms with Gasteiger partial charge in [-0.1, -0.05) is 30.0 Å². The highest BCUT2D eigenvalue weighted by Gasteiger charge is 2.01. The van der Waals surface area contributed by atoms with Crippen LogP contribution in [0.4, 0.5) is 5.13 Å². The van der Waals surface area contributed by atoms with Crippen molar-refractivity contribution in [3.63, 3.8) is 0 Å². The molecule has 18 heavy (non-hydrogen) atoms. The third-order valence-corrected chi connectivity index (χ3v) is 3.71. The van der Waals surface area contributed by atoms with Crippen molar-refractivity contribution >= 4 is 34.1 Å². The highest BCUT2D eigenvalue weighted by Crippen LogP contribution is 2.18. The molecule has 1 aromatic heterocycles. The molecule has 0 aliphatic rings. The molecule has 0 saturated carbocycles. The summed E-state index contributed by atoms with van der Waals surface area (Å²) in [7, 11) is 0. The molecule has 0 spiro atoms. The van der Waals surface area contributed by atoms with E-state index in [1.807, 2.05) is 42.6 Å². The van der Waals surface area contributed by atoms with Gasteiger partial charge in [0, 0.05) is 16.4 Å². The van der Waals surface area contributed by atoms with Crippen LogP contribution in [0.15, 0.2) is 52.1 Å². The van der Waals surface area contributed by atoms with Crippen LogP contribution in [-0.2, 0) is 4.79 Å². The van der Waals surface area contributed by atoms with E-state index in [-0.39, 0.29) is 5.91 Å². The number of nitrogens with one attached hydrogen (secondary N) is 1. The van der Waals surface area contributed by atoms with E-state index in [9.17, 15) is 4.79 Å². The number of amides is 1. The number of aryl methyl sites for hydroxylation is 1. The first-order chi connectivity index (χ1) is 8.74. The van der Waals surface area contributed by atoms with Crippen LogP contribution >= 0.6 is 23.1 Å². The molecule has 1 heterocycles. The van der Waals surface area contributed by atoms with Crippen LogP contribution in [0.1, 0.15) is 5.69 Å². The summed E-state index contributed by atoms with van der Waals surface area (Å²) in [6.07, 6.45) is 1.51. The van der Waals surface area contributed by atoms with Crippen molar-refractivity contribution in [2.45, 2.75) is 11.8 Å². The van der Waals surface area contributed by atoms with Gasteiger partial charge in [-0.25, -0.2) is 4.98 Å². The molecule has 0 bridgehead atoms. The fourth-order valence-corrected chi connectivity index (χ4v) is 2.59. The Bertz CT molecular complexity index is 549. The van der Waals surface area contributed by atoms with Crippen molar-refractivity contribution in [3.05, 3.63) is 52.9 Å². The van der Waals surface area contributed by atoms with E-state index in [0.717, 1.165) is 10.6 Å². The lowest BCUT2D eigenvalue weighted by Gasteiger charge is -1.96. The first-order valence-electron chi connectivity index (χ1n) is 5.35. The van der Waals surface area contributed by atoms with Crippen LogP contribution in [0.5, 0.6) is 0 Å². The molecular weight excluding hydrogens is 264 g/mol. The first kappa shape index (κ1) is 12.9. The fourth-order valence-electron chi connectivity index (χ4n) is 1.23. The predicted molar refractivity (Wildman–Crippen MR) is 76.9 cm³/mol. The zero-order chi connectivity index (χ0) is 12.8. The van der Waals surface area contributed by atoms with Crippen molar-refractivity contribution in [1.82, 2.24) is 4.98 Å². The molecule has 2 aromatic rings. The molecule has 5 heteroatoms. The maximum Gasteiger partial charge on any atom is 0.250 e. The normalized spacial score (nSPS) is 10.7. The number of anilines is 1. The summed E-state index contributed by atoms with van der Waals surface area (Å²) in [4.78, 5) is 16.8. The first-order valence-corrected chi connectivity index (χ1v) is 7.11. The van der Waals surface area contributed by atoms with E-state index in [1.54, 1.807) is 5.41 Å². The SMILES string of the molecule is Cc1csc(NC(=O)/C=C/Sc2ccccc2)n1. The maximum absolute atomic E-state index is 11.6. The molecule has 1 aromatic carbocycles. The smallest absolute Gasteiger partial charge is 0.250 e. The molecular formula is C13H12N2OS2. The average molecular weight is 276 g/mol. The van der Waals surface area contributed by atoms with E-state index in [2.05, 4.69) is 10.3 Å². The van der Waals surface area contributed by atoms with Crippen LogP contribution in [-0.4, -0.2) is 10.9 Å². The third kappa shape index (κ3) is 4.01. The zero-order valence-electron chi connectivity index (χ0n) is 9.79. The Kier molecular flexibility index (Phi) is 4.55. The number of benzene rings is 1. The van der Waals surface area contributed by atoms with Crippen molar-refractivity contribution in [2.75, 3.05) is 5.32 Å². The third-order valence-electron chi connectivity index (χ3n) is 2.02. The monoisotopic (exact) mass is 276 g/mol. The van der Waals surface area contributed by atoms with Gasteiger partial charge in [-0.05, 0) is 24.5 Å². The summed E-state index contributed by atoms with van der Waals surface area (Å²) >= 11 is 2.93. The average Bonchev–Trinajstić information content (AvgIpc) is 2.76. The van der Waals surface area contributed by atoms with Gasteiger partial charge in [0.2, 0.25) is 0 Å². The number of hydrogen-bond acceptors (Lipinski definition) is 4. The molecule has 1 amide bonds. The van der Waals surface area contributed by atoms with Crippen LogP contribution in [0.2, 0.25) is 0 Å². The van der Waals surface area contributed by atoms with E-state index in [4.69, 9.17) is 0 Å².